The van der Waals surface area contributed by atoms with Crippen LogP contribution in [-0.4, -0.2) is 22.9 Å². The summed E-state index contributed by atoms with van der Waals surface area (Å²) in [6, 6.07) is 0. The number of aromatic nitrogens is 2. The Bertz CT molecular complexity index is 265. The van der Waals surface area contributed by atoms with Gasteiger partial charge in [0.25, 0.3) is 0 Å². The van der Waals surface area contributed by atoms with Crippen LogP contribution in [0.4, 0.5) is 5.69 Å². The largest absolute Gasteiger partial charge is 0.381 e. The SMILES string of the molecule is CC(C)c1c(NCCN)cnn1C. The first-order chi connectivity index (χ1) is 6.16. The average molecular weight is 182 g/mol. The highest BCUT2D eigenvalue weighted by molar-refractivity contribution is 5.47. The second kappa shape index (κ2) is 4.28. The van der Waals surface area contributed by atoms with Gasteiger partial charge in [-0.2, -0.15) is 5.10 Å². The Morgan fingerprint density at radius 3 is 2.85 bits per heavy atom. The summed E-state index contributed by atoms with van der Waals surface area (Å²) in [4.78, 5) is 0. The van der Waals surface area contributed by atoms with Gasteiger partial charge in [0.1, 0.15) is 0 Å². The molecule has 1 aromatic rings. The quantitative estimate of drug-likeness (QED) is 0.728. The highest BCUT2D eigenvalue weighted by Gasteiger charge is 2.10. The Labute approximate surface area is 79.1 Å². The summed E-state index contributed by atoms with van der Waals surface area (Å²) in [5.41, 5.74) is 7.75. The van der Waals surface area contributed by atoms with Crippen molar-refractivity contribution in [2.24, 2.45) is 12.8 Å². The van der Waals surface area contributed by atoms with Crippen molar-refractivity contribution in [2.45, 2.75) is 19.8 Å². The molecule has 0 aromatic carbocycles. The number of nitrogens with two attached hydrogens (primary N) is 1. The predicted octanol–water partition coefficient (Wildman–Crippen LogP) is 0.914. The molecule has 0 aliphatic rings. The molecule has 0 aliphatic carbocycles. The second-order valence-corrected chi connectivity index (χ2v) is 3.44. The molecule has 3 N–H and O–H groups in total. The molecule has 1 rings (SSSR count). The van der Waals surface area contributed by atoms with Crippen molar-refractivity contribution in [2.75, 3.05) is 18.4 Å². The highest BCUT2D eigenvalue weighted by Crippen LogP contribution is 2.22. The number of nitrogens with zero attached hydrogens (tertiary/aromatic N) is 2. The summed E-state index contributed by atoms with van der Waals surface area (Å²) in [7, 11) is 1.96. The molecule has 1 heterocycles. The standard InChI is InChI=1S/C9H18N4/c1-7(2)9-8(11-5-4-10)6-12-13(9)3/h6-7,11H,4-5,10H2,1-3H3. The zero-order chi connectivity index (χ0) is 9.84. The number of nitrogens with one attached hydrogen (secondary N) is 1. The fourth-order valence-electron chi connectivity index (χ4n) is 1.47. The predicted molar refractivity (Wildman–Crippen MR) is 54.8 cm³/mol. The molecule has 0 aliphatic heterocycles. The van der Waals surface area contributed by atoms with Crippen LogP contribution in [0, 0.1) is 0 Å². The van der Waals surface area contributed by atoms with E-state index in [1.54, 1.807) is 0 Å². The minimum Gasteiger partial charge on any atom is -0.381 e. The van der Waals surface area contributed by atoms with E-state index in [4.69, 9.17) is 5.73 Å². The third-order valence-corrected chi connectivity index (χ3v) is 1.99. The van der Waals surface area contributed by atoms with E-state index in [9.17, 15) is 0 Å². The van der Waals surface area contributed by atoms with E-state index in [1.165, 1.54) is 5.69 Å². The summed E-state index contributed by atoms with van der Waals surface area (Å²) in [6.45, 7) is 5.76. The molecule has 0 saturated heterocycles. The van der Waals surface area contributed by atoms with Crippen molar-refractivity contribution in [1.29, 1.82) is 0 Å². The second-order valence-electron chi connectivity index (χ2n) is 3.44. The normalized spacial score (nSPS) is 10.8. The van der Waals surface area contributed by atoms with Gasteiger partial charge in [-0.3, -0.25) is 4.68 Å². The Kier molecular flexibility index (Phi) is 3.31. The molecule has 0 fully saturated rings. The van der Waals surface area contributed by atoms with Crippen LogP contribution >= 0.6 is 0 Å². The Morgan fingerprint density at radius 1 is 1.62 bits per heavy atom. The van der Waals surface area contributed by atoms with Gasteiger partial charge in [0, 0.05) is 20.1 Å². The molecule has 0 atom stereocenters. The zero-order valence-electron chi connectivity index (χ0n) is 8.54. The van der Waals surface area contributed by atoms with Crippen LogP contribution < -0.4 is 11.1 Å². The summed E-state index contributed by atoms with van der Waals surface area (Å²) < 4.78 is 1.91. The average Bonchev–Trinajstić information content (AvgIpc) is 2.43. The lowest BCUT2D eigenvalue weighted by Crippen LogP contribution is -2.14. The topological polar surface area (TPSA) is 55.9 Å². The van der Waals surface area contributed by atoms with E-state index in [2.05, 4.69) is 24.3 Å². The maximum atomic E-state index is 5.42. The summed E-state index contributed by atoms with van der Waals surface area (Å²) in [6.07, 6.45) is 1.85. The molecule has 0 amide bonds. The summed E-state index contributed by atoms with van der Waals surface area (Å²) in [5, 5.41) is 7.46. The minimum absolute atomic E-state index is 0.479. The molecule has 0 radical (unpaired) electrons. The first kappa shape index (κ1) is 10.1. The van der Waals surface area contributed by atoms with Crippen LogP contribution in [-0.2, 0) is 7.05 Å². The van der Waals surface area contributed by atoms with E-state index < -0.39 is 0 Å². The lowest BCUT2D eigenvalue weighted by Gasteiger charge is -2.10. The van der Waals surface area contributed by atoms with Crippen molar-refractivity contribution in [3.63, 3.8) is 0 Å². The van der Waals surface area contributed by atoms with Gasteiger partial charge in [-0.05, 0) is 5.92 Å². The smallest absolute Gasteiger partial charge is 0.0762 e. The van der Waals surface area contributed by atoms with Crippen molar-refractivity contribution in [1.82, 2.24) is 9.78 Å². The Balaban J connectivity index is 2.81. The minimum atomic E-state index is 0.479. The number of rotatable bonds is 4. The number of hydrogen-bond donors (Lipinski definition) is 2. The van der Waals surface area contributed by atoms with Gasteiger partial charge < -0.3 is 11.1 Å². The Morgan fingerprint density at radius 2 is 2.31 bits per heavy atom. The molecule has 0 bridgehead atoms. The molecule has 1 aromatic heterocycles. The maximum Gasteiger partial charge on any atom is 0.0762 e. The summed E-state index contributed by atoms with van der Waals surface area (Å²) in [5.74, 6) is 0.479. The molecule has 0 saturated carbocycles. The highest BCUT2D eigenvalue weighted by atomic mass is 15.3. The third kappa shape index (κ3) is 2.21. The van der Waals surface area contributed by atoms with E-state index in [0.29, 0.717) is 12.5 Å². The van der Waals surface area contributed by atoms with E-state index in [-0.39, 0.29) is 0 Å². The van der Waals surface area contributed by atoms with E-state index in [0.717, 1.165) is 12.2 Å². The van der Waals surface area contributed by atoms with Crippen LogP contribution in [0.15, 0.2) is 6.20 Å². The van der Waals surface area contributed by atoms with Crippen molar-refractivity contribution < 1.29 is 0 Å². The molecular weight excluding hydrogens is 164 g/mol. The van der Waals surface area contributed by atoms with Crippen LogP contribution in [0.2, 0.25) is 0 Å². The first-order valence-electron chi connectivity index (χ1n) is 4.62. The lowest BCUT2D eigenvalue weighted by molar-refractivity contribution is 0.670. The van der Waals surface area contributed by atoms with Crippen molar-refractivity contribution >= 4 is 5.69 Å². The van der Waals surface area contributed by atoms with Crippen LogP contribution in [0.1, 0.15) is 25.5 Å². The Hall–Kier alpha value is -1.03. The zero-order valence-corrected chi connectivity index (χ0v) is 8.54. The molecular formula is C9H18N4. The molecule has 13 heavy (non-hydrogen) atoms. The van der Waals surface area contributed by atoms with Crippen LogP contribution in [0.5, 0.6) is 0 Å². The van der Waals surface area contributed by atoms with Crippen LogP contribution in [0.25, 0.3) is 0 Å². The third-order valence-electron chi connectivity index (χ3n) is 1.99. The van der Waals surface area contributed by atoms with Crippen molar-refractivity contribution in [3.05, 3.63) is 11.9 Å². The number of hydrogen-bond acceptors (Lipinski definition) is 3. The fourth-order valence-corrected chi connectivity index (χ4v) is 1.47. The monoisotopic (exact) mass is 182 g/mol. The number of anilines is 1. The van der Waals surface area contributed by atoms with E-state index >= 15 is 0 Å². The van der Waals surface area contributed by atoms with Crippen molar-refractivity contribution in [3.8, 4) is 0 Å². The number of aryl methyl sites for hydroxylation is 1. The van der Waals surface area contributed by atoms with Gasteiger partial charge in [-0.1, -0.05) is 13.8 Å². The van der Waals surface area contributed by atoms with Gasteiger partial charge >= 0.3 is 0 Å². The molecule has 4 nitrogen and oxygen atoms in total. The van der Waals surface area contributed by atoms with E-state index in [1.807, 2.05) is 17.9 Å². The molecule has 4 heteroatoms. The molecule has 0 unspecified atom stereocenters. The van der Waals surface area contributed by atoms with Gasteiger partial charge in [0.05, 0.1) is 17.6 Å². The summed E-state index contributed by atoms with van der Waals surface area (Å²) >= 11 is 0. The maximum absolute atomic E-state index is 5.42. The van der Waals surface area contributed by atoms with Gasteiger partial charge in [0.15, 0.2) is 0 Å². The first-order valence-corrected chi connectivity index (χ1v) is 4.62. The van der Waals surface area contributed by atoms with Crippen LogP contribution in [0.3, 0.4) is 0 Å². The molecule has 0 spiro atoms. The molecule has 74 valence electrons. The fraction of sp³-hybridized carbons (Fsp3) is 0.667. The van der Waals surface area contributed by atoms with Gasteiger partial charge in [-0.15, -0.1) is 0 Å². The van der Waals surface area contributed by atoms with Gasteiger partial charge in [-0.25, -0.2) is 0 Å². The van der Waals surface area contributed by atoms with Gasteiger partial charge in [0.2, 0.25) is 0 Å². The lowest BCUT2D eigenvalue weighted by atomic mass is 10.1.